The van der Waals surface area contributed by atoms with Crippen LogP contribution in [0.3, 0.4) is 0 Å². The van der Waals surface area contributed by atoms with E-state index in [0.29, 0.717) is 39.5 Å². The minimum Gasteiger partial charge on any atom is -0.481 e. The molecule has 2 aliphatic rings. The van der Waals surface area contributed by atoms with E-state index in [2.05, 4.69) is 53.2 Å². The summed E-state index contributed by atoms with van der Waals surface area (Å²) >= 11 is 6.36. The minimum absolute atomic E-state index is 0.00727. The highest BCUT2D eigenvalue weighted by Crippen LogP contribution is 2.49. The summed E-state index contributed by atoms with van der Waals surface area (Å²) in [6, 6.07) is 9.69. The molecule has 2 aliphatic carbocycles. The van der Waals surface area contributed by atoms with Gasteiger partial charge in [-0.05, 0) is 55.2 Å². The predicted octanol–water partition coefficient (Wildman–Crippen LogP) is 7.07. The van der Waals surface area contributed by atoms with Gasteiger partial charge in [0.1, 0.15) is 11.6 Å². The van der Waals surface area contributed by atoms with Crippen molar-refractivity contribution in [3.8, 4) is 0 Å². The molecule has 2 fully saturated rings. The van der Waals surface area contributed by atoms with Gasteiger partial charge in [-0.3, -0.25) is 9.59 Å². The van der Waals surface area contributed by atoms with Crippen LogP contribution in [-0.2, 0) is 23.6 Å². The Bertz CT molecular complexity index is 1070. The standard InChI is InChI=1S/C12H12BrFO2.C10H8BrFO2.Cl2OS/c1-2-16-12(15)10-6-9(10)8-4-3-7(13)5-11(8)14;11-5-1-2-6(9(12)3-5)7-4-8(7)10(13)14;1-4(2)3/h3-5,9-10H,2,6H2,1H3;1-3,7-8H,4H2,(H,13,14);/t9-,10+;7-,8+;/m00./s1. The fraction of sp³-hybridized carbons (Fsp3) is 0.364. The van der Waals surface area contributed by atoms with E-state index in [1.165, 1.54) is 12.1 Å². The second-order valence-corrected chi connectivity index (χ2v) is 11.9. The van der Waals surface area contributed by atoms with E-state index in [1.807, 2.05) is 0 Å². The van der Waals surface area contributed by atoms with Crippen molar-refractivity contribution in [1.29, 1.82) is 0 Å². The summed E-state index contributed by atoms with van der Waals surface area (Å²) in [4.78, 5) is 22.0. The molecule has 0 heterocycles. The zero-order valence-electron chi connectivity index (χ0n) is 17.7. The third-order valence-electron chi connectivity index (χ3n) is 5.21. The van der Waals surface area contributed by atoms with Crippen LogP contribution >= 0.6 is 53.2 Å². The summed E-state index contributed by atoms with van der Waals surface area (Å²) < 4.78 is 42.3. The third-order valence-corrected chi connectivity index (χ3v) is 6.20. The molecular formula is C22H20Br2Cl2F2O5S. The Morgan fingerprint density at radius 3 is 1.76 bits per heavy atom. The summed E-state index contributed by atoms with van der Waals surface area (Å²) in [5.74, 6) is -2.33. The molecule has 0 spiro atoms. The van der Waals surface area contributed by atoms with Gasteiger partial charge in [0.15, 0.2) is 0 Å². The number of hydrogen-bond acceptors (Lipinski definition) is 4. The average molecular weight is 665 g/mol. The molecule has 0 radical (unpaired) electrons. The average Bonchev–Trinajstić information content (AvgIpc) is 3.62. The van der Waals surface area contributed by atoms with Crippen LogP contribution < -0.4 is 0 Å². The monoisotopic (exact) mass is 662 g/mol. The van der Waals surface area contributed by atoms with Gasteiger partial charge in [0, 0.05) is 42.1 Å². The van der Waals surface area contributed by atoms with Crippen molar-refractivity contribution in [2.24, 2.45) is 11.8 Å². The molecule has 5 nitrogen and oxygen atoms in total. The summed E-state index contributed by atoms with van der Waals surface area (Å²) in [6.07, 6.45) is 1.24. The van der Waals surface area contributed by atoms with E-state index in [9.17, 15) is 18.4 Å². The Labute approximate surface area is 223 Å². The van der Waals surface area contributed by atoms with Crippen LogP contribution in [0.2, 0.25) is 0 Å². The first-order valence-corrected chi connectivity index (χ1v) is 14.4. The van der Waals surface area contributed by atoms with Crippen molar-refractivity contribution >= 4 is 74.4 Å². The zero-order valence-corrected chi connectivity index (χ0v) is 23.2. The third kappa shape index (κ3) is 8.86. The lowest BCUT2D eigenvalue weighted by atomic mass is 10.1. The van der Waals surface area contributed by atoms with E-state index in [0.717, 1.165) is 0 Å². The number of carboxylic acids is 1. The zero-order chi connectivity index (χ0) is 25.6. The fourth-order valence-electron chi connectivity index (χ4n) is 3.46. The lowest BCUT2D eigenvalue weighted by molar-refractivity contribution is -0.144. The molecule has 0 bridgehead atoms. The van der Waals surface area contributed by atoms with E-state index in [1.54, 1.807) is 31.2 Å². The lowest BCUT2D eigenvalue weighted by Gasteiger charge is -2.03. The SMILES string of the molecule is CCOC(=O)[C@@H]1C[C@H]1c1ccc(Br)cc1F.O=C(O)[C@@H]1C[C@H]1c1ccc(Br)cc1F.O=S(Cl)Cl. The van der Waals surface area contributed by atoms with Crippen molar-refractivity contribution in [2.45, 2.75) is 31.6 Å². The molecule has 34 heavy (non-hydrogen) atoms. The smallest absolute Gasteiger partial charge is 0.309 e. The summed E-state index contributed by atoms with van der Waals surface area (Å²) in [5, 5.41) is 8.70. The second kappa shape index (κ2) is 13.3. The maximum atomic E-state index is 13.6. The first-order valence-electron chi connectivity index (χ1n) is 9.99. The van der Waals surface area contributed by atoms with Crippen LogP contribution in [0, 0.1) is 23.5 Å². The number of rotatable bonds is 5. The first kappa shape index (κ1) is 29.2. The van der Waals surface area contributed by atoms with Crippen molar-refractivity contribution in [2.75, 3.05) is 6.61 Å². The number of carboxylic acid groups (broad SMARTS) is 1. The molecule has 4 atom stereocenters. The maximum absolute atomic E-state index is 13.6. The van der Waals surface area contributed by atoms with E-state index in [4.69, 9.17) is 14.1 Å². The number of halogens is 6. The van der Waals surface area contributed by atoms with Crippen LogP contribution in [-0.4, -0.2) is 27.9 Å². The van der Waals surface area contributed by atoms with Crippen molar-refractivity contribution in [1.82, 2.24) is 0 Å². The number of aliphatic carboxylic acids is 1. The summed E-state index contributed by atoms with van der Waals surface area (Å²) in [7, 11) is 7.36. The van der Waals surface area contributed by atoms with Crippen LogP contribution in [0.5, 0.6) is 0 Å². The van der Waals surface area contributed by atoms with Gasteiger partial charge in [0.05, 0.1) is 18.4 Å². The molecular weight excluding hydrogens is 645 g/mol. The van der Waals surface area contributed by atoms with Crippen LogP contribution in [0.15, 0.2) is 45.3 Å². The molecule has 1 N–H and O–H groups in total. The van der Waals surface area contributed by atoms with Gasteiger partial charge in [-0.15, -0.1) is 0 Å². The van der Waals surface area contributed by atoms with Gasteiger partial charge in [0.2, 0.25) is 9.23 Å². The van der Waals surface area contributed by atoms with Crippen molar-refractivity contribution in [3.05, 3.63) is 68.1 Å². The predicted molar refractivity (Wildman–Crippen MR) is 134 cm³/mol. The van der Waals surface area contributed by atoms with E-state index in [-0.39, 0.29) is 35.4 Å². The second-order valence-electron chi connectivity index (χ2n) is 7.50. The largest absolute Gasteiger partial charge is 0.481 e. The molecule has 186 valence electrons. The van der Waals surface area contributed by atoms with Gasteiger partial charge >= 0.3 is 11.9 Å². The molecule has 2 saturated carbocycles. The molecule has 2 aromatic carbocycles. The number of benzene rings is 2. The molecule has 12 heteroatoms. The number of hydrogen-bond donors (Lipinski definition) is 1. The van der Waals surface area contributed by atoms with E-state index >= 15 is 0 Å². The Kier molecular flexibility index (Phi) is 11.4. The molecule has 2 aromatic rings. The number of esters is 1. The molecule has 0 aliphatic heterocycles. The van der Waals surface area contributed by atoms with Gasteiger partial charge in [-0.1, -0.05) is 44.0 Å². The van der Waals surface area contributed by atoms with Crippen LogP contribution in [0.1, 0.15) is 42.7 Å². The van der Waals surface area contributed by atoms with Gasteiger partial charge in [0.25, 0.3) is 0 Å². The Morgan fingerprint density at radius 2 is 1.41 bits per heavy atom. The van der Waals surface area contributed by atoms with Gasteiger partial charge < -0.3 is 9.84 Å². The topological polar surface area (TPSA) is 80.7 Å². The Balaban J connectivity index is 0.000000209. The molecule has 0 amide bonds. The van der Waals surface area contributed by atoms with Crippen LogP contribution in [0.4, 0.5) is 8.78 Å². The van der Waals surface area contributed by atoms with Crippen molar-refractivity contribution < 1.29 is 32.4 Å². The minimum atomic E-state index is -1.67. The van der Waals surface area contributed by atoms with E-state index < -0.39 is 21.1 Å². The maximum Gasteiger partial charge on any atom is 0.309 e. The van der Waals surface area contributed by atoms with Crippen LogP contribution in [0.25, 0.3) is 0 Å². The Morgan fingerprint density at radius 1 is 1.00 bits per heavy atom. The highest BCUT2D eigenvalue weighted by atomic mass is 79.9. The number of ether oxygens (including phenoxy) is 1. The van der Waals surface area contributed by atoms with Crippen molar-refractivity contribution in [3.63, 3.8) is 0 Å². The van der Waals surface area contributed by atoms with Gasteiger partial charge in [-0.2, -0.15) is 0 Å². The van der Waals surface area contributed by atoms with Gasteiger partial charge in [-0.25, -0.2) is 13.0 Å². The molecule has 0 unspecified atom stereocenters. The highest BCUT2D eigenvalue weighted by molar-refractivity contribution is 9.10. The number of carbonyl (C=O) groups is 2. The molecule has 0 aromatic heterocycles. The lowest BCUT2D eigenvalue weighted by Crippen LogP contribution is -2.07. The fourth-order valence-corrected chi connectivity index (χ4v) is 4.13. The summed E-state index contributed by atoms with van der Waals surface area (Å²) in [5.41, 5.74) is 1.13. The number of carbonyl (C=O) groups excluding carboxylic acids is 1. The highest BCUT2D eigenvalue weighted by Gasteiger charge is 2.46. The molecule has 0 saturated heterocycles. The first-order chi connectivity index (χ1) is 16.0. The Hall–Kier alpha value is -1.07. The summed E-state index contributed by atoms with van der Waals surface area (Å²) in [6.45, 7) is 2.15. The normalized spacial score (nSPS) is 22.0. The molecule has 4 rings (SSSR count). The quantitative estimate of drug-likeness (QED) is 0.273.